The zero-order valence-electron chi connectivity index (χ0n) is 4.12. The third-order valence-electron chi connectivity index (χ3n) is 0.0667. The Morgan fingerprint density at radius 1 is 2.00 bits per heavy atom. The van der Waals surface area contributed by atoms with Crippen LogP contribution < -0.4 is 51.4 Å². The average Bonchev–Trinajstić information content (AvgIpc) is 1.38. The third kappa shape index (κ3) is 8.84. The molecule has 0 atom stereocenters. The van der Waals surface area contributed by atoms with Crippen molar-refractivity contribution in [2.75, 3.05) is 0 Å². The minimum atomic E-state index is -1.32. The monoisotopic (exact) mass is 119 g/mol. The first-order valence-corrected chi connectivity index (χ1v) is 0.730. The van der Waals surface area contributed by atoms with Crippen LogP contribution in [0, 0.1) is 10.1 Å². The van der Waals surface area contributed by atoms with E-state index in [1.165, 1.54) is 0 Å². The van der Waals surface area contributed by atoms with Crippen LogP contribution in [-0.4, -0.2) is 10.3 Å². The van der Waals surface area contributed by atoms with E-state index >= 15 is 0 Å². The summed E-state index contributed by atoms with van der Waals surface area (Å²) in [7, 11) is 0. The van der Waals surface area contributed by atoms with Crippen molar-refractivity contribution < 1.29 is 68.1 Å². The van der Waals surface area contributed by atoms with Crippen molar-refractivity contribution in [2.24, 2.45) is 0 Å². The average molecular weight is 119 g/mol. The molecule has 0 rings (SSSR count). The van der Waals surface area contributed by atoms with Crippen LogP contribution in [0.4, 0.5) is 0 Å². The van der Waals surface area contributed by atoms with Gasteiger partial charge in [-0.15, -0.1) is 15.1 Å². The standard InChI is InChI=1S/K.HNO4.H/c;2-1(3)5-4;/h;4H;/q+1;;-1. The maximum atomic E-state index is 8.70. The van der Waals surface area contributed by atoms with Gasteiger partial charge in [-0.25, -0.2) is 5.26 Å². The van der Waals surface area contributed by atoms with Gasteiger partial charge in [0.05, 0.1) is 0 Å². The second-order valence-corrected chi connectivity index (χ2v) is 0.305. The molecule has 0 radical (unpaired) electrons. The molecule has 0 heterocycles. The fourth-order valence-corrected chi connectivity index (χ4v) is 0. The predicted molar refractivity (Wildman–Crippen MR) is 11.8 cm³/mol. The summed E-state index contributed by atoms with van der Waals surface area (Å²) < 4.78 is 0. The molecule has 0 amide bonds. The molecule has 6 heavy (non-hydrogen) atoms. The quantitative estimate of drug-likeness (QED) is 0.171. The topological polar surface area (TPSA) is 72.6 Å². The normalized spacial score (nSPS) is 5.50. The van der Waals surface area contributed by atoms with Gasteiger partial charge in [0.25, 0.3) is 0 Å². The Morgan fingerprint density at radius 2 is 2.17 bits per heavy atom. The van der Waals surface area contributed by atoms with Crippen LogP contribution in [0.5, 0.6) is 0 Å². The fourth-order valence-electron chi connectivity index (χ4n) is 0. The summed E-state index contributed by atoms with van der Waals surface area (Å²) in [5, 5.41) is 14.3. The second-order valence-electron chi connectivity index (χ2n) is 0.305. The van der Waals surface area contributed by atoms with Gasteiger partial charge in [0.1, 0.15) is 0 Å². The Morgan fingerprint density at radius 3 is 2.17 bits per heavy atom. The third-order valence-corrected chi connectivity index (χ3v) is 0.0667. The molecule has 32 valence electrons. The Balaban J connectivity index is -0.0000000800. The van der Waals surface area contributed by atoms with Crippen LogP contribution in [0.3, 0.4) is 0 Å². The molecule has 0 saturated heterocycles. The van der Waals surface area contributed by atoms with Gasteiger partial charge in [0.15, 0.2) is 0 Å². The minimum absolute atomic E-state index is 0. The van der Waals surface area contributed by atoms with Gasteiger partial charge in [-0.1, -0.05) is 0 Å². The van der Waals surface area contributed by atoms with E-state index in [9.17, 15) is 0 Å². The number of hydrogen-bond acceptors (Lipinski definition) is 4. The molecule has 1 N–H and O–H groups in total. The van der Waals surface area contributed by atoms with Crippen LogP contribution in [-0.2, 0) is 4.99 Å². The van der Waals surface area contributed by atoms with Crippen LogP contribution in [0.25, 0.3) is 0 Å². The van der Waals surface area contributed by atoms with Crippen molar-refractivity contribution in [3.8, 4) is 0 Å². The van der Waals surface area contributed by atoms with Gasteiger partial charge in [-0.3, -0.25) is 0 Å². The fraction of sp³-hybridized carbons (Fsp3) is 0. The smallest absolute Gasteiger partial charge is 1.00 e. The maximum absolute atomic E-state index is 8.70. The summed E-state index contributed by atoms with van der Waals surface area (Å²) in [6.45, 7) is 0. The van der Waals surface area contributed by atoms with Gasteiger partial charge in [-0.05, 0) is 0 Å². The molecule has 0 aliphatic rings. The number of hydrogen-bond donors (Lipinski definition) is 1. The van der Waals surface area contributed by atoms with Crippen molar-refractivity contribution in [1.29, 1.82) is 0 Å². The van der Waals surface area contributed by atoms with Crippen LogP contribution in [0.15, 0.2) is 0 Å². The van der Waals surface area contributed by atoms with Crippen LogP contribution >= 0.6 is 0 Å². The van der Waals surface area contributed by atoms with E-state index in [0.29, 0.717) is 0 Å². The van der Waals surface area contributed by atoms with E-state index in [2.05, 4.69) is 4.99 Å². The Bertz CT molecular complexity index is 47.0. The SMILES string of the molecule is O=[N+]([O-])OO.[H-].[K+]. The summed E-state index contributed by atoms with van der Waals surface area (Å²) >= 11 is 0. The summed E-state index contributed by atoms with van der Waals surface area (Å²) in [6.07, 6.45) is 0. The molecule has 0 fully saturated rings. The molecule has 0 bridgehead atoms. The number of rotatable bonds is 1. The van der Waals surface area contributed by atoms with E-state index in [1.54, 1.807) is 0 Å². The first-order valence-electron chi connectivity index (χ1n) is 0.730. The van der Waals surface area contributed by atoms with Gasteiger partial charge in [-0.2, -0.15) is 0 Å². The van der Waals surface area contributed by atoms with Crippen LogP contribution in [0.2, 0.25) is 0 Å². The summed E-state index contributed by atoms with van der Waals surface area (Å²) in [5.74, 6) is 0. The molecule has 0 aromatic carbocycles. The van der Waals surface area contributed by atoms with E-state index in [-0.39, 0.29) is 52.8 Å². The molecular formula is H2KNO4. The van der Waals surface area contributed by atoms with E-state index in [0.717, 1.165) is 0 Å². The molecule has 0 aliphatic heterocycles. The van der Waals surface area contributed by atoms with Gasteiger partial charge < -0.3 is 1.43 Å². The zero-order chi connectivity index (χ0) is 4.28. The molecule has 0 unspecified atom stereocenters. The Labute approximate surface area is 77.2 Å². The van der Waals surface area contributed by atoms with Crippen molar-refractivity contribution >= 4 is 0 Å². The molecule has 0 aliphatic carbocycles. The summed E-state index contributed by atoms with van der Waals surface area (Å²) in [4.78, 5) is 11.2. The second kappa shape index (κ2) is 5.80. The largest absolute Gasteiger partial charge is 1.00 e. The molecule has 6 heteroatoms. The summed E-state index contributed by atoms with van der Waals surface area (Å²) in [5.41, 5.74) is 0. The van der Waals surface area contributed by atoms with E-state index in [1.807, 2.05) is 0 Å². The van der Waals surface area contributed by atoms with Gasteiger partial charge >= 0.3 is 56.5 Å². The molecule has 5 nitrogen and oxygen atoms in total. The Hall–Kier alpha value is 0.796. The van der Waals surface area contributed by atoms with Crippen molar-refractivity contribution in [3.63, 3.8) is 0 Å². The first-order chi connectivity index (χ1) is 2.27. The van der Waals surface area contributed by atoms with Crippen molar-refractivity contribution in [3.05, 3.63) is 10.1 Å². The van der Waals surface area contributed by atoms with E-state index < -0.39 is 5.09 Å². The Kier molecular flexibility index (Phi) is 9.59. The van der Waals surface area contributed by atoms with Crippen molar-refractivity contribution in [1.82, 2.24) is 0 Å². The summed E-state index contributed by atoms with van der Waals surface area (Å²) in [6, 6.07) is 0. The first kappa shape index (κ1) is 9.93. The zero-order valence-corrected chi connectivity index (χ0v) is 6.24. The molecule has 0 aromatic rings. The minimum Gasteiger partial charge on any atom is -1.00 e. The predicted octanol–water partition coefficient (Wildman–Crippen LogP) is -3.22. The van der Waals surface area contributed by atoms with Crippen molar-refractivity contribution in [2.45, 2.75) is 0 Å². The molecule has 0 aromatic heterocycles. The van der Waals surface area contributed by atoms with Crippen LogP contribution in [0.1, 0.15) is 1.43 Å². The molecule has 0 saturated carbocycles. The molecule has 0 spiro atoms. The number of nitrogens with zero attached hydrogens (tertiary/aromatic N) is 1. The maximum Gasteiger partial charge on any atom is 1.00 e. The molecular weight excluding hydrogens is 117 g/mol. The van der Waals surface area contributed by atoms with Gasteiger partial charge in [0.2, 0.25) is 0 Å². The van der Waals surface area contributed by atoms with E-state index in [4.69, 9.17) is 15.4 Å². The van der Waals surface area contributed by atoms with Gasteiger partial charge in [0, 0.05) is 0 Å².